The van der Waals surface area contributed by atoms with Gasteiger partial charge in [0, 0.05) is 17.3 Å². The Bertz CT molecular complexity index is 1240. The van der Waals surface area contributed by atoms with Crippen molar-refractivity contribution in [1.82, 2.24) is 9.78 Å². The number of nitrogens with zero attached hydrogens (tertiary/aromatic N) is 3. The van der Waals surface area contributed by atoms with Gasteiger partial charge in [0.25, 0.3) is 5.91 Å². The molecule has 9 heteroatoms. The van der Waals surface area contributed by atoms with Gasteiger partial charge in [-0.1, -0.05) is 18.2 Å². The average molecular weight is 436 g/mol. The van der Waals surface area contributed by atoms with Gasteiger partial charge in [-0.05, 0) is 44.2 Å². The highest BCUT2D eigenvalue weighted by Gasteiger charge is 2.18. The molecule has 0 spiro atoms. The second-order valence-electron chi connectivity index (χ2n) is 6.75. The number of hydrogen-bond acceptors (Lipinski definition) is 5. The number of anilines is 1. The quantitative estimate of drug-likeness (QED) is 0.360. The Hall–Kier alpha value is -4.32. The monoisotopic (exact) mass is 436 g/mol. The Morgan fingerprint density at radius 1 is 1.19 bits per heavy atom. The molecule has 3 rings (SSSR count). The van der Waals surface area contributed by atoms with Crippen LogP contribution in [0.15, 0.2) is 54.1 Å². The standard InChI is InChI=1S/C23H18F2N4O3/c1-14-19(15(2)29(28-14)18-6-4-3-5-7-18)10-16(12-26)23(31)32-13-22(30)27-21-11-17(24)8-9-20(21)25/h3-11H,13H2,1-2H3,(H,27,30). The molecule has 3 aromatic rings. The van der Waals surface area contributed by atoms with Crippen LogP contribution in [-0.2, 0) is 14.3 Å². The zero-order valence-electron chi connectivity index (χ0n) is 17.2. The highest BCUT2D eigenvalue weighted by Crippen LogP contribution is 2.21. The summed E-state index contributed by atoms with van der Waals surface area (Å²) in [4.78, 5) is 24.2. The largest absolute Gasteiger partial charge is 0.451 e. The number of para-hydroxylation sites is 1. The van der Waals surface area contributed by atoms with Crippen LogP contribution in [0.5, 0.6) is 0 Å². The Morgan fingerprint density at radius 2 is 1.91 bits per heavy atom. The van der Waals surface area contributed by atoms with Gasteiger partial charge in [-0.2, -0.15) is 10.4 Å². The van der Waals surface area contributed by atoms with Crippen LogP contribution < -0.4 is 5.32 Å². The molecule has 1 aromatic heterocycles. The summed E-state index contributed by atoms with van der Waals surface area (Å²) in [5.41, 5.74) is 1.94. The van der Waals surface area contributed by atoms with Crippen LogP contribution in [0, 0.1) is 36.8 Å². The Morgan fingerprint density at radius 3 is 2.59 bits per heavy atom. The number of ether oxygens (including phenoxy) is 1. The van der Waals surface area contributed by atoms with Gasteiger partial charge in [0.05, 0.1) is 17.1 Å². The third-order valence-corrected chi connectivity index (χ3v) is 4.51. The minimum absolute atomic E-state index is 0.339. The lowest BCUT2D eigenvalue weighted by atomic mass is 10.1. The number of benzene rings is 2. The molecule has 2 aromatic carbocycles. The Balaban J connectivity index is 1.72. The van der Waals surface area contributed by atoms with E-state index in [0.717, 1.165) is 23.9 Å². The van der Waals surface area contributed by atoms with Crippen LogP contribution in [0.3, 0.4) is 0 Å². The first-order chi connectivity index (χ1) is 15.3. The van der Waals surface area contributed by atoms with Crippen molar-refractivity contribution in [3.8, 4) is 11.8 Å². The molecule has 32 heavy (non-hydrogen) atoms. The maximum atomic E-state index is 13.6. The van der Waals surface area contributed by atoms with E-state index in [0.29, 0.717) is 17.0 Å². The van der Waals surface area contributed by atoms with Gasteiger partial charge >= 0.3 is 5.97 Å². The number of hydrogen-bond donors (Lipinski definition) is 1. The van der Waals surface area contributed by atoms with Gasteiger partial charge in [0.1, 0.15) is 23.3 Å². The van der Waals surface area contributed by atoms with E-state index < -0.39 is 30.1 Å². The number of aryl methyl sites for hydroxylation is 1. The zero-order chi connectivity index (χ0) is 23.3. The van der Waals surface area contributed by atoms with E-state index in [-0.39, 0.29) is 11.3 Å². The van der Waals surface area contributed by atoms with Crippen molar-refractivity contribution in [3.05, 3.63) is 82.7 Å². The normalized spacial score (nSPS) is 11.0. The number of carbonyl (C=O) groups excluding carboxylic acids is 2. The molecule has 0 fully saturated rings. The summed E-state index contributed by atoms with van der Waals surface area (Å²) in [5.74, 6) is -3.50. The van der Waals surface area contributed by atoms with Crippen molar-refractivity contribution in [2.45, 2.75) is 13.8 Å². The molecule has 1 N–H and O–H groups in total. The van der Waals surface area contributed by atoms with Gasteiger partial charge in [-0.15, -0.1) is 0 Å². The summed E-state index contributed by atoms with van der Waals surface area (Å²) in [5, 5.41) is 15.9. The maximum Gasteiger partial charge on any atom is 0.349 e. The van der Waals surface area contributed by atoms with E-state index in [4.69, 9.17) is 4.74 Å². The number of aromatic nitrogens is 2. The van der Waals surface area contributed by atoms with Gasteiger partial charge in [0.2, 0.25) is 0 Å². The molecule has 0 atom stereocenters. The lowest BCUT2D eigenvalue weighted by molar-refractivity contribution is -0.142. The van der Waals surface area contributed by atoms with Crippen molar-refractivity contribution >= 4 is 23.6 Å². The molecule has 0 aliphatic rings. The molecule has 0 aliphatic carbocycles. The Labute approximate surface area is 182 Å². The van der Waals surface area contributed by atoms with Crippen LogP contribution in [0.25, 0.3) is 11.8 Å². The lowest BCUT2D eigenvalue weighted by Crippen LogP contribution is -2.22. The van der Waals surface area contributed by atoms with Crippen molar-refractivity contribution in [2.75, 3.05) is 11.9 Å². The van der Waals surface area contributed by atoms with E-state index >= 15 is 0 Å². The number of esters is 1. The van der Waals surface area contributed by atoms with Crippen LogP contribution in [0.1, 0.15) is 17.0 Å². The summed E-state index contributed by atoms with van der Waals surface area (Å²) >= 11 is 0. The molecule has 0 radical (unpaired) electrons. The predicted molar refractivity (Wildman–Crippen MR) is 113 cm³/mol. The number of nitriles is 1. The molecule has 1 amide bonds. The fraction of sp³-hybridized carbons (Fsp3) is 0.130. The molecule has 7 nitrogen and oxygen atoms in total. The van der Waals surface area contributed by atoms with Crippen molar-refractivity contribution in [2.24, 2.45) is 0 Å². The molecular formula is C23H18F2N4O3. The van der Waals surface area contributed by atoms with Crippen molar-refractivity contribution < 1.29 is 23.1 Å². The number of carbonyl (C=O) groups is 2. The predicted octanol–water partition coefficient (Wildman–Crippen LogP) is 3.86. The smallest absolute Gasteiger partial charge is 0.349 e. The minimum Gasteiger partial charge on any atom is -0.451 e. The molecule has 0 aliphatic heterocycles. The number of halogens is 2. The van der Waals surface area contributed by atoms with Crippen LogP contribution in [0.2, 0.25) is 0 Å². The van der Waals surface area contributed by atoms with E-state index in [1.165, 1.54) is 6.08 Å². The molecule has 0 saturated heterocycles. The third kappa shape index (κ3) is 5.05. The van der Waals surface area contributed by atoms with Crippen LogP contribution >= 0.6 is 0 Å². The Kier molecular flexibility index (Phi) is 6.75. The van der Waals surface area contributed by atoms with Crippen LogP contribution in [0.4, 0.5) is 14.5 Å². The van der Waals surface area contributed by atoms with E-state index in [1.54, 1.807) is 24.6 Å². The minimum atomic E-state index is -1.03. The van der Waals surface area contributed by atoms with Gasteiger partial charge in [0.15, 0.2) is 6.61 Å². The first-order valence-electron chi connectivity index (χ1n) is 9.45. The number of nitrogens with one attached hydrogen (secondary N) is 1. The zero-order valence-corrected chi connectivity index (χ0v) is 17.2. The summed E-state index contributed by atoms with van der Waals surface area (Å²) in [7, 11) is 0. The number of amides is 1. The molecule has 0 unspecified atom stereocenters. The topological polar surface area (TPSA) is 97.0 Å². The van der Waals surface area contributed by atoms with Gasteiger partial charge in [-0.3, -0.25) is 4.79 Å². The molecule has 0 saturated carbocycles. The average Bonchev–Trinajstić information content (AvgIpc) is 3.06. The van der Waals surface area contributed by atoms with E-state index in [2.05, 4.69) is 10.4 Å². The van der Waals surface area contributed by atoms with E-state index in [1.807, 2.05) is 30.3 Å². The fourth-order valence-corrected chi connectivity index (χ4v) is 2.95. The molecule has 1 heterocycles. The fourth-order valence-electron chi connectivity index (χ4n) is 2.95. The summed E-state index contributed by atoms with van der Waals surface area (Å²) in [6.45, 7) is 2.74. The summed E-state index contributed by atoms with van der Waals surface area (Å²) in [6.07, 6.45) is 1.34. The highest BCUT2D eigenvalue weighted by molar-refractivity contribution is 6.00. The SMILES string of the molecule is Cc1nn(-c2ccccc2)c(C)c1C=C(C#N)C(=O)OCC(=O)Nc1cc(F)ccc1F. The first kappa shape index (κ1) is 22.4. The third-order valence-electron chi connectivity index (χ3n) is 4.51. The lowest BCUT2D eigenvalue weighted by Gasteiger charge is -2.07. The second kappa shape index (κ2) is 9.66. The molecular weight excluding hydrogens is 418 g/mol. The van der Waals surface area contributed by atoms with E-state index in [9.17, 15) is 23.6 Å². The van der Waals surface area contributed by atoms with Gasteiger partial charge < -0.3 is 10.1 Å². The van der Waals surface area contributed by atoms with Crippen molar-refractivity contribution in [1.29, 1.82) is 5.26 Å². The molecule has 162 valence electrons. The number of rotatable bonds is 6. The highest BCUT2D eigenvalue weighted by atomic mass is 19.1. The summed E-state index contributed by atoms with van der Waals surface area (Å²) < 4.78 is 33.3. The van der Waals surface area contributed by atoms with Crippen LogP contribution in [-0.4, -0.2) is 28.3 Å². The first-order valence-corrected chi connectivity index (χ1v) is 9.45. The summed E-state index contributed by atoms with van der Waals surface area (Å²) in [6, 6.07) is 13.6. The second-order valence-corrected chi connectivity index (χ2v) is 6.75. The van der Waals surface area contributed by atoms with Gasteiger partial charge in [-0.25, -0.2) is 18.3 Å². The maximum absolute atomic E-state index is 13.6. The van der Waals surface area contributed by atoms with Crippen molar-refractivity contribution in [3.63, 3.8) is 0 Å². The molecule has 0 bridgehead atoms.